The molecule has 1 aromatic rings. The van der Waals surface area contributed by atoms with Gasteiger partial charge < -0.3 is 10.6 Å². The van der Waals surface area contributed by atoms with Crippen LogP contribution in [0.2, 0.25) is 5.02 Å². The van der Waals surface area contributed by atoms with Crippen molar-refractivity contribution in [2.24, 2.45) is 11.7 Å². The van der Waals surface area contributed by atoms with Gasteiger partial charge in [-0.3, -0.25) is 0 Å². The third-order valence-electron chi connectivity index (χ3n) is 3.54. The molecule has 96 valence electrons. The third kappa shape index (κ3) is 2.43. The molecule has 1 aromatic heterocycles. The number of anilines is 1. The molecule has 1 saturated heterocycles. The quantitative estimate of drug-likeness (QED) is 0.888. The van der Waals surface area contributed by atoms with E-state index >= 15 is 0 Å². The average molecular weight is 265 g/mol. The van der Waals surface area contributed by atoms with Gasteiger partial charge in [0.2, 0.25) is 0 Å². The lowest BCUT2D eigenvalue weighted by molar-refractivity contribution is 0.488. The maximum atomic E-state index is 8.94. The molecule has 5 heteroatoms. The molecule has 0 saturated carbocycles. The van der Waals surface area contributed by atoms with Crippen LogP contribution in [0.3, 0.4) is 0 Å². The van der Waals surface area contributed by atoms with Gasteiger partial charge >= 0.3 is 0 Å². The fourth-order valence-corrected chi connectivity index (χ4v) is 2.58. The summed E-state index contributed by atoms with van der Waals surface area (Å²) in [5.74, 6) is 1.26. The van der Waals surface area contributed by atoms with Crippen molar-refractivity contribution in [3.8, 4) is 6.07 Å². The molecule has 18 heavy (non-hydrogen) atoms. The first-order chi connectivity index (χ1) is 8.52. The van der Waals surface area contributed by atoms with Crippen molar-refractivity contribution in [2.45, 2.75) is 26.3 Å². The summed E-state index contributed by atoms with van der Waals surface area (Å²) in [5.41, 5.74) is 7.19. The van der Waals surface area contributed by atoms with Gasteiger partial charge in [0.05, 0.1) is 16.3 Å². The Hall–Kier alpha value is -1.31. The second-order valence-electron chi connectivity index (χ2n) is 4.89. The van der Waals surface area contributed by atoms with E-state index in [-0.39, 0.29) is 6.04 Å². The Morgan fingerprint density at radius 1 is 1.67 bits per heavy atom. The Kier molecular flexibility index (Phi) is 3.74. The zero-order valence-electron chi connectivity index (χ0n) is 10.7. The highest BCUT2D eigenvalue weighted by molar-refractivity contribution is 6.33. The van der Waals surface area contributed by atoms with Gasteiger partial charge in [-0.15, -0.1) is 0 Å². The summed E-state index contributed by atoms with van der Waals surface area (Å²) in [6, 6.07) is 3.98. The molecule has 2 atom stereocenters. The van der Waals surface area contributed by atoms with E-state index < -0.39 is 0 Å². The van der Waals surface area contributed by atoms with E-state index in [1.54, 1.807) is 6.07 Å². The molecule has 0 amide bonds. The summed E-state index contributed by atoms with van der Waals surface area (Å²) in [6.07, 6.45) is 1.06. The summed E-state index contributed by atoms with van der Waals surface area (Å²) >= 11 is 6.20. The Balaban J connectivity index is 2.25. The molecular weight excluding hydrogens is 248 g/mol. The lowest BCUT2D eigenvalue weighted by atomic mass is 10.0. The highest BCUT2D eigenvalue weighted by Gasteiger charge is 2.27. The topological polar surface area (TPSA) is 65.9 Å². The van der Waals surface area contributed by atoms with Crippen LogP contribution in [0, 0.1) is 24.2 Å². The number of rotatable bonds is 2. The smallest absolute Gasteiger partial charge is 0.147 e. The van der Waals surface area contributed by atoms with Crippen LogP contribution in [0.25, 0.3) is 0 Å². The molecule has 0 radical (unpaired) electrons. The molecule has 2 heterocycles. The van der Waals surface area contributed by atoms with Crippen LogP contribution in [-0.2, 0) is 0 Å². The van der Waals surface area contributed by atoms with Gasteiger partial charge in [0.25, 0.3) is 0 Å². The number of nitrogens with two attached hydrogens (primary N) is 1. The van der Waals surface area contributed by atoms with Gasteiger partial charge in [0, 0.05) is 19.1 Å². The molecular formula is C13H17ClN4. The van der Waals surface area contributed by atoms with E-state index in [0.29, 0.717) is 16.5 Å². The Bertz CT molecular complexity index is 492. The summed E-state index contributed by atoms with van der Waals surface area (Å²) in [7, 11) is 0. The van der Waals surface area contributed by atoms with Crippen molar-refractivity contribution in [1.29, 1.82) is 5.26 Å². The monoisotopic (exact) mass is 264 g/mol. The van der Waals surface area contributed by atoms with Crippen LogP contribution in [0.15, 0.2) is 6.07 Å². The highest BCUT2D eigenvalue weighted by atomic mass is 35.5. The summed E-state index contributed by atoms with van der Waals surface area (Å²) in [5, 5.41) is 9.48. The minimum Gasteiger partial charge on any atom is -0.355 e. The SMILES string of the molecule is Cc1nc(N2CCC(C(C)N)C2)c(Cl)cc1C#N. The number of hydrogen-bond donors (Lipinski definition) is 1. The van der Waals surface area contributed by atoms with Crippen LogP contribution in [0.5, 0.6) is 0 Å². The zero-order valence-corrected chi connectivity index (χ0v) is 11.4. The maximum Gasteiger partial charge on any atom is 0.147 e. The van der Waals surface area contributed by atoms with Crippen LogP contribution in [-0.4, -0.2) is 24.1 Å². The van der Waals surface area contributed by atoms with E-state index in [1.165, 1.54) is 0 Å². The Morgan fingerprint density at radius 3 is 2.94 bits per heavy atom. The molecule has 2 N–H and O–H groups in total. The number of nitriles is 1. The fourth-order valence-electron chi connectivity index (χ4n) is 2.31. The Labute approximate surface area is 112 Å². The summed E-state index contributed by atoms with van der Waals surface area (Å²) in [4.78, 5) is 6.61. The van der Waals surface area contributed by atoms with Gasteiger partial charge in [0.1, 0.15) is 11.9 Å². The van der Waals surface area contributed by atoms with Crippen molar-refractivity contribution < 1.29 is 0 Å². The highest BCUT2D eigenvalue weighted by Crippen LogP contribution is 2.30. The molecule has 0 bridgehead atoms. The van der Waals surface area contributed by atoms with Crippen molar-refractivity contribution in [3.63, 3.8) is 0 Å². The molecule has 0 aliphatic carbocycles. The number of nitrogens with zero attached hydrogens (tertiary/aromatic N) is 3. The number of aromatic nitrogens is 1. The minimum atomic E-state index is 0.188. The van der Waals surface area contributed by atoms with Crippen molar-refractivity contribution in [3.05, 3.63) is 22.3 Å². The first-order valence-corrected chi connectivity index (χ1v) is 6.48. The van der Waals surface area contributed by atoms with Crippen molar-refractivity contribution in [2.75, 3.05) is 18.0 Å². The van der Waals surface area contributed by atoms with E-state index in [0.717, 1.165) is 31.0 Å². The van der Waals surface area contributed by atoms with E-state index in [1.807, 2.05) is 13.8 Å². The second-order valence-corrected chi connectivity index (χ2v) is 5.30. The molecule has 0 spiro atoms. The van der Waals surface area contributed by atoms with Gasteiger partial charge in [-0.1, -0.05) is 11.6 Å². The van der Waals surface area contributed by atoms with Crippen molar-refractivity contribution >= 4 is 17.4 Å². The molecule has 1 aliphatic rings. The van der Waals surface area contributed by atoms with Crippen LogP contribution >= 0.6 is 11.6 Å². The number of aryl methyl sites for hydroxylation is 1. The predicted octanol–water partition coefficient (Wildman–Crippen LogP) is 2.09. The molecule has 2 unspecified atom stereocenters. The standard InChI is InChI=1S/C13H17ClN4/c1-8(16)10-3-4-18(7-10)13-12(14)5-11(6-15)9(2)17-13/h5,8,10H,3-4,7,16H2,1-2H3. The summed E-state index contributed by atoms with van der Waals surface area (Å²) in [6.45, 7) is 5.67. The van der Waals surface area contributed by atoms with Crippen LogP contribution < -0.4 is 10.6 Å². The first kappa shape index (κ1) is 13.1. The average Bonchev–Trinajstić information content (AvgIpc) is 2.81. The molecule has 0 aromatic carbocycles. The normalized spacial score (nSPS) is 20.8. The van der Waals surface area contributed by atoms with Gasteiger partial charge in [-0.25, -0.2) is 4.98 Å². The van der Waals surface area contributed by atoms with Crippen molar-refractivity contribution in [1.82, 2.24) is 4.98 Å². The fraction of sp³-hybridized carbons (Fsp3) is 0.538. The predicted molar refractivity (Wildman–Crippen MR) is 72.7 cm³/mol. The van der Waals surface area contributed by atoms with Gasteiger partial charge in [-0.05, 0) is 32.3 Å². The molecule has 1 fully saturated rings. The minimum absolute atomic E-state index is 0.188. The molecule has 4 nitrogen and oxygen atoms in total. The summed E-state index contributed by atoms with van der Waals surface area (Å²) < 4.78 is 0. The third-order valence-corrected chi connectivity index (χ3v) is 3.81. The van der Waals surface area contributed by atoms with Gasteiger partial charge in [-0.2, -0.15) is 5.26 Å². The molecule has 1 aliphatic heterocycles. The number of pyridine rings is 1. The maximum absolute atomic E-state index is 8.94. The molecule has 2 rings (SSSR count). The lowest BCUT2D eigenvalue weighted by Crippen LogP contribution is -2.30. The first-order valence-electron chi connectivity index (χ1n) is 6.10. The lowest BCUT2D eigenvalue weighted by Gasteiger charge is -2.20. The van der Waals surface area contributed by atoms with Crippen LogP contribution in [0.4, 0.5) is 5.82 Å². The largest absolute Gasteiger partial charge is 0.355 e. The Morgan fingerprint density at radius 2 is 2.39 bits per heavy atom. The van der Waals surface area contributed by atoms with E-state index in [4.69, 9.17) is 22.6 Å². The zero-order chi connectivity index (χ0) is 13.3. The second kappa shape index (κ2) is 5.13. The number of halogens is 1. The van der Waals surface area contributed by atoms with Gasteiger partial charge in [0.15, 0.2) is 0 Å². The van der Waals surface area contributed by atoms with E-state index in [9.17, 15) is 0 Å². The van der Waals surface area contributed by atoms with E-state index in [2.05, 4.69) is 16.0 Å². The van der Waals surface area contributed by atoms with Crippen LogP contribution in [0.1, 0.15) is 24.6 Å². The number of hydrogen-bond acceptors (Lipinski definition) is 4.